The molecule has 0 aliphatic heterocycles. The van der Waals surface area contributed by atoms with Crippen LogP contribution in [0.5, 0.6) is 5.75 Å². The highest BCUT2D eigenvalue weighted by Crippen LogP contribution is 2.32. The van der Waals surface area contributed by atoms with Crippen molar-refractivity contribution in [2.45, 2.75) is 6.61 Å². The van der Waals surface area contributed by atoms with Gasteiger partial charge in [-0.25, -0.2) is 9.37 Å². The Balaban J connectivity index is 1.48. The van der Waals surface area contributed by atoms with Crippen molar-refractivity contribution >= 4 is 45.4 Å². The second-order valence-electron chi connectivity index (χ2n) is 8.94. The summed E-state index contributed by atoms with van der Waals surface area (Å²) in [6, 6.07) is 23.8. The smallest absolute Gasteiger partial charge is 0.311 e. The topological polar surface area (TPSA) is 113 Å². The SMILES string of the molecule is O=c1c2ccccc2nc(-c2cc3cc(Cl)ccc3o2)n1N=Cc1cccc([N+](=O)[O-])c1OCc1ccccc1F. The molecule has 2 aromatic heterocycles. The van der Waals surface area contributed by atoms with Crippen molar-refractivity contribution in [1.82, 2.24) is 9.66 Å². The third-order valence-corrected chi connectivity index (χ3v) is 6.55. The number of para-hydroxylation sites is 2. The van der Waals surface area contributed by atoms with E-state index in [4.69, 9.17) is 20.8 Å². The monoisotopic (exact) mass is 568 g/mol. The van der Waals surface area contributed by atoms with Gasteiger partial charge in [-0.15, -0.1) is 0 Å². The number of halogens is 2. The molecule has 0 saturated heterocycles. The van der Waals surface area contributed by atoms with Crippen molar-refractivity contribution in [3.8, 4) is 17.3 Å². The van der Waals surface area contributed by atoms with E-state index < -0.39 is 16.3 Å². The van der Waals surface area contributed by atoms with Gasteiger partial charge in [-0.05, 0) is 48.5 Å². The minimum atomic E-state index is -0.608. The number of benzene rings is 4. The molecule has 0 aliphatic carbocycles. The van der Waals surface area contributed by atoms with Gasteiger partial charge in [-0.3, -0.25) is 14.9 Å². The maximum absolute atomic E-state index is 14.2. The van der Waals surface area contributed by atoms with Crippen LogP contribution in [0.25, 0.3) is 33.5 Å². The van der Waals surface area contributed by atoms with Crippen molar-refractivity contribution in [2.75, 3.05) is 0 Å². The molecule has 2 heterocycles. The van der Waals surface area contributed by atoms with E-state index in [0.29, 0.717) is 26.9 Å². The van der Waals surface area contributed by atoms with Gasteiger partial charge in [-0.1, -0.05) is 48.0 Å². The molecule has 11 heteroatoms. The van der Waals surface area contributed by atoms with Gasteiger partial charge in [-0.2, -0.15) is 9.78 Å². The van der Waals surface area contributed by atoms with Crippen LogP contribution >= 0.6 is 11.6 Å². The molecular weight excluding hydrogens is 551 g/mol. The number of nitrogens with zero attached hydrogens (tertiary/aromatic N) is 4. The summed E-state index contributed by atoms with van der Waals surface area (Å²) < 4.78 is 27.0. The van der Waals surface area contributed by atoms with Crippen LogP contribution in [0.4, 0.5) is 10.1 Å². The predicted octanol–water partition coefficient (Wildman–Crippen LogP) is 6.97. The number of nitro groups is 1. The predicted molar refractivity (Wildman–Crippen MR) is 153 cm³/mol. The summed E-state index contributed by atoms with van der Waals surface area (Å²) in [6.45, 7) is -0.261. The summed E-state index contributed by atoms with van der Waals surface area (Å²) in [6.07, 6.45) is 1.25. The van der Waals surface area contributed by atoms with Gasteiger partial charge in [0.2, 0.25) is 11.6 Å². The minimum Gasteiger partial charge on any atom is -0.481 e. The second kappa shape index (κ2) is 10.7. The summed E-state index contributed by atoms with van der Waals surface area (Å²) in [7, 11) is 0. The number of fused-ring (bicyclic) bond motifs is 2. The van der Waals surface area contributed by atoms with Gasteiger partial charge in [0.05, 0.1) is 22.0 Å². The lowest BCUT2D eigenvalue weighted by Crippen LogP contribution is -2.20. The Kier molecular flexibility index (Phi) is 6.74. The third-order valence-electron chi connectivity index (χ3n) is 6.32. The summed E-state index contributed by atoms with van der Waals surface area (Å²) in [5.74, 6) is -0.271. The van der Waals surface area contributed by atoms with E-state index in [-0.39, 0.29) is 40.8 Å². The lowest BCUT2D eigenvalue weighted by molar-refractivity contribution is -0.386. The first kappa shape index (κ1) is 25.9. The number of rotatable bonds is 7. The summed E-state index contributed by atoms with van der Waals surface area (Å²) in [5, 5.41) is 17.7. The van der Waals surface area contributed by atoms with Crippen LogP contribution < -0.4 is 10.3 Å². The fourth-order valence-corrected chi connectivity index (χ4v) is 4.53. The number of hydrogen-bond donors (Lipinski definition) is 0. The molecule has 202 valence electrons. The Labute approximate surface area is 235 Å². The normalized spacial score (nSPS) is 11.5. The highest BCUT2D eigenvalue weighted by atomic mass is 35.5. The van der Waals surface area contributed by atoms with Gasteiger partial charge in [0.25, 0.3) is 5.56 Å². The Bertz CT molecular complexity index is 2050. The molecule has 6 rings (SSSR count). The van der Waals surface area contributed by atoms with E-state index in [2.05, 4.69) is 10.1 Å². The molecule has 4 aromatic carbocycles. The Morgan fingerprint density at radius 2 is 1.85 bits per heavy atom. The molecule has 9 nitrogen and oxygen atoms in total. The van der Waals surface area contributed by atoms with Crippen LogP contribution in [-0.4, -0.2) is 20.8 Å². The van der Waals surface area contributed by atoms with Crippen LogP contribution in [0.1, 0.15) is 11.1 Å². The quantitative estimate of drug-likeness (QED) is 0.117. The Hall–Kier alpha value is -5.35. The molecule has 0 aliphatic rings. The van der Waals surface area contributed by atoms with Crippen LogP contribution in [0.15, 0.2) is 105 Å². The van der Waals surface area contributed by atoms with Gasteiger partial charge in [0, 0.05) is 27.6 Å². The van der Waals surface area contributed by atoms with Crippen LogP contribution in [0.3, 0.4) is 0 Å². The van der Waals surface area contributed by atoms with E-state index in [9.17, 15) is 19.3 Å². The molecule has 0 atom stereocenters. The zero-order valence-electron chi connectivity index (χ0n) is 21.0. The number of nitro benzene ring substituents is 1. The van der Waals surface area contributed by atoms with E-state index in [1.54, 1.807) is 54.6 Å². The van der Waals surface area contributed by atoms with Crippen molar-refractivity contribution in [3.05, 3.63) is 133 Å². The van der Waals surface area contributed by atoms with Crippen molar-refractivity contribution < 1.29 is 18.5 Å². The largest absolute Gasteiger partial charge is 0.481 e. The fraction of sp³-hybridized carbons (Fsp3) is 0.0333. The van der Waals surface area contributed by atoms with Crippen molar-refractivity contribution in [1.29, 1.82) is 0 Å². The van der Waals surface area contributed by atoms with Crippen molar-refractivity contribution in [2.24, 2.45) is 5.10 Å². The summed E-state index contributed by atoms with van der Waals surface area (Å²) in [4.78, 5) is 29.4. The van der Waals surface area contributed by atoms with E-state index in [1.807, 2.05) is 0 Å². The molecule has 0 N–H and O–H groups in total. The van der Waals surface area contributed by atoms with Crippen LogP contribution in [0.2, 0.25) is 5.02 Å². The number of hydrogen-bond acceptors (Lipinski definition) is 7. The van der Waals surface area contributed by atoms with Gasteiger partial charge >= 0.3 is 5.69 Å². The van der Waals surface area contributed by atoms with Crippen molar-refractivity contribution in [3.63, 3.8) is 0 Å². The molecule has 0 spiro atoms. The lowest BCUT2D eigenvalue weighted by atomic mass is 10.2. The lowest BCUT2D eigenvalue weighted by Gasteiger charge is -2.11. The highest BCUT2D eigenvalue weighted by Gasteiger charge is 2.20. The molecule has 0 bridgehead atoms. The second-order valence-corrected chi connectivity index (χ2v) is 9.38. The van der Waals surface area contributed by atoms with Crippen LogP contribution in [0, 0.1) is 15.9 Å². The van der Waals surface area contributed by atoms with E-state index >= 15 is 0 Å². The van der Waals surface area contributed by atoms with Crippen LogP contribution in [-0.2, 0) is 6.61 Å². The van der Waals surface area contributed by atoms with Gasteiger partial charge in [0.15, 0.2) is 5.76 Å². The molecule has 0 saturated carbocycles. The maximum Gasteiger partial charge on any atom is 0.311 e. The Morgan fingerprint density at radius 1 is 1.05 bits per heavy atom. The average molecular weight is 569 g/mol. The minimum absolute atomic E-state index is 0.108. The van der Waals surface area contributed by atoms with E-state index in [0.717, 1.165) is 4.68 Å². The standard InChI is InChI=1S/C30H18ClFN4O5/c31-21-12-13-26-20(14-21)15-27(41-26)29-34-24-10-4-2-8-22(24)30(37)35(29)33-16-18-7-5-11-25(36(38)39)28(18)40-17-19-6-1-3-9-23(19)32/h1-16H,17H2. The molecule has 41 heavy (non-hydrogen) atoms. The zero-order chi connectivity index (χ0) is 28.5. The molecule has 0 radical (unpaired) electrons. The third kappa shape index (κ3) is 5.04. The summed E-state index contributed by atoms with van der Waals surface area (Å²) >= 11 is 6.13. The molecule has 0 fully saturated rings. The molecule has 6 aromatic rings. The summed E-state index contributed by atoms with van der Waals surface area (Å²) in [5.41, 5.74) is 0.545. The Morgan fingerprint density at radius 3 is 2.68 bits per heavy atom. The number of aromatic nitrogens is 2. The van der Waals surface area contributed by atoms with Gasteiger partial charge < -0.3 is 9.15 Å². The average Bonchev–Trinajstić information content (AvgIpc) is 3.39. The molecular formula is C30H18ClFN4O5. The fourth-order valence-electron chi connectivity index (χ4n) is 4.34. The highest BCUT2D eigenvalue weighted by molar-refractivity contribution is 6.31. The maximum atomic E-state index is 14.2. The first-order valence-corrected chi connectivity index (χ1v) is 12.7. The zero-order valence-corrected chi connectivity index (χ0v) is 21.8. The number of furan rings is 1. The molecule has 0 amide bonds. The van der Waals surface area contributed by atoms with E-state index in [1.165, 1.54) is 42.6 Å². The molecule has 0 unspecified atom stereocenters. The number of ether oxygens (including phenoxy) is 1. The first-order valence-electron chi connectivity index (χ1n) is 12.3. The van der Waals surface area contributed by atoms with Gasteiger partial charge in [0.1, 0.15) is 18.0 Å². The first-order chi connectivity index (χ1) is 19.9.